The van der Waals surface area contributed by atoms with Crippen molar-refractivity contribution in [2.24, 2.45) is 0 Å². The molecule has 2 aromatic heterocycles. The van der Waals surface area contributed by atoms with Gasteiger partial charge in [0.2, 0.25) is 0 Å². The van der Waals surface area contributed by atoms with E-state index in [1.807, 2.05) is 30.3 Å². The van der Waals surface area contributed by atoms with E-state index in [2.05, 4.69) is 10.1 Å². The fourth-order valence-electron chi connectivity index (χ4n) is 3.21. The highest BCUT2D eigenvalue weighted by molar-refractivity contribution is 6.05. The third-order valence-electron chi connectivity index (χ3n) is 4.59. The molecule has 3 aromatic rings. The van der Waals surface area contributed by atoms with Crippen LogP contribution in [0.5, 0.6) is 0 Å². The van der Waals surface area contributed by atoms with Crippen LogP contribution in [0.25, 0.3) is 10.8 Å². The zero-order valence-corrected chi connectivity index (χ0v) is 14.7. The number of aromatic nitrogens is 3. The highest BCUT2D eigenvalue weighted by Gasteiger charge is 2.26. The normalized spacial score (nSPS) is 13.5. The Morgan fingerprint density at radius 3 is 2.73 bits per heavy atom. The minimum absolute atomic E-state index is 0.102. The first-order chi connectivity index (χ1) is 12.5. The fourth-order valence-corrected chi connectivity index (χ4v) is 3.21. The summed E-state index contributed by atoms with van der Waals surface area (Å²) < 4.78 is 1.80. The van der Waals surface area contributed by atoms with E-state index in [-0.39, 0.29) is 11.8 Å². The lowest BCUT2D eigenvalue weighted by molar-refractivity contribution is 0.0701. The van der Waals surface area contributed by atoms with Crippen molar-refractivity contribution in [3.63, 3.8) is 0 Å². The number of benzene rings is 1. The van der Waals surface area contributed by atoms with E-state index in [1.165, 1.54) is 4.90 Å². The highest BCUT2D eigenvalue weighted by Crippen LogP contribution is 2.21. The van der Waals surface area contributed by atoms with Crippen LogP contribution in [0.4, 0.5) is 0 Å². The van der Waals surface area contributed by atoms with Crippen LogP contribution in [0.1, 0.15) is 26.7 Å². The maximum Gasteiger partial charge on any atom is 0.273 e. The van der Waals surface area contributed by atoms with Gasteiger partial charge in [-0.05, 0) is 17.5 Å². The average molecular weight is 349 g/mol. The molecule has 0 radical (unpaired) electrons. The molecule has 0 saturated carbocycles. The summed E-state index contributed by atoms with van der Waals surface area (Å²) in [5.41, 5.74) is 1.72. The van der Waals surface area contributed by atoms with Crippen LogP contribution in [0, 0.1) is 0 Å². The van der Waals surface area contributed by atoms with Crippen LogP contribution >= 0.6 is 0 Å². The monoisotopic (exact) mass is 349 g/mol. The van der Waals surface area contributed by atoms with Crippen molar-refractivity contribution in [1.29, 1.82) is 0 Å². The minimum Gasteiger partial charge on any atom is -0.343 e. The molecule has 0 spiro atoms. The Morgan fingerprint density at radius 2 is 1.92 bits per heavy atom. The number of rotatable bonds is 2. The third-order valence-corrected chi connectivity index (χ3v) is 4.59. The lowest BCUT2D eigenvalue weighted by Gasteiger charge is -2.27. The molecule has 0 fully saturated rings. The molecular weight excluding hydrogens is 330 g/mol. The smallest absolute Gasteiger partial charge is 0.273 e. The summed E-state index contributed by atoms with van der Waals surface area (Å²) in [6, 6.07) is 11.4. The van der Waals surface area contributed by atoms with Crippen LogP contribution in [0.15, 0.2) is 42.6 Å². The number of hydrogen-bond donors (Lipinski definition) is 0. The highest BCUT2D eigenvalue weighted by atomic mass is 16.2. The van der Waals surface area contributed by atoms with E-state index >= 15 is 0 Å². The minimum atomic E-state index is -0.138. The number of fused-ring (bicyclic) bond motifs is 2. The summed E-state index contributed by atoms with van der Waals surface area (Å²) in [4.78, 5) is 32.7. The predicted molar refractivity (Wildman–Crippen MR) is 96.7 cm³/mol. The van der Waals surface area contributed by atoms with E-state index in [1.54, 1.807) is 35.9 Å². The summed E-state index contributed by atoms with van der Waals surface area (Å²) >= 11 is 0. The number of amides is 2. The number of carbonyl (C=O) groups is 2. The van der Waals surface area contributed by atoms with Gasteiger partial charge >= 0.3 is 0 Å². The van der Waals surface area contributed by atoms with Crippen molar-refractivity contribution >= 4 is 22.6 Å². The van der Waals surface area contributed by atoms with Gasteiger partial charge in [0.25, 0.3) is 11.8 Å². The van der Waals surface area contributed by atoms with E-state index in [0.717, 1.165) is 16.5 Å². The number of hydrogen-bond acceptors (Lipinski definition) is 4. The van der Waals surface area contributed by atoms with Crippen molar-refractivity contribution in [1.82, 2.24) is 24.6 Å². The second-order valence-corrected chi connectivity index (χ2v) is 6.55. The Kier molecular flexibility index (Phi) is 3.91. The zero-order chi connectivity index (χ0) is 18.3. The molecule has 1 aliphatic rings. The third kappa shape index (κ3) is 2.71. The topological polar surface area (TPSA) is 71.3 Å². The van der Waals surface area contributed by atoms with Gasteiger partial charge in [-0.2, -0.15) is 5.10 Å². The molecule has 132 valence electrons. The SMILES string of the molecule is CN(C)C(=O)c1cc2n(n1)CCN(C(=O)c1nccc3ccccc13)C2. The quantitative estimate of drug-likeness (QED) is 0.707. The maximum atomic E-state index is 13.0. The second kappa shape index (κ2) is 6.25. The summed E-state index contributed by atoms with van der Waals surface area (Å²) in [7, 11) is 3.39. The molecule has 1 aliphatic heterocycles. The molecule has 0 unspecified atom stereocenters. The molecule has 0 aliphatic carbocycles. The maximum absolute atomic E-state index is 13.0. The Morgan fingerprint density at radius 1 is 1.12 bits per heavy atom. The fraction of sp³-hybridized carbons (Fsp3) is 0.263. The molecule has 26 heavy (non-hydrogen) atoms. The lowest BCUT2D eigenvalue weighted by Crippen LogP contribution is -2.38. The zero-order valence-electron chi connectivity index (χ0n) is 14.7. The van der Waals surface area contributed by atoms with E-state index in [4.69, 9.17) is 0 Å². The van der Waals surface area contributed by atoms with Crippen molar-refractivity contribution in [3.05, 3.63) is 59.7 Å². The van der Waals surface area contributed by atoms with Gasteiger partial charge in [-0.25, -0.2) is 0 Å². The Hall–Kier alpha value is -3.22. The van der Waals surface area contributed by atoms with Gasteiger partial charge in [-0.1, -0.05) is 24.3 Å². The van der Waals surface area contributed by atoms with Gasteiger partial charge in [0.15, 0.2) is 5.69 Å². The first-order valence-electron chi connectivity index (χ1n) is 8.46. The van der Waals surface area contributed by atoms with Gasteiger partial charge < -0.3 is 9.80 Å². The lowest BCUT2D eigenvalue weighted by atomic mass is 10.1. The molecule has 4 rings (SSSR count). The Labute approximate surface area is 150 Å². The van der Waals surface area contributed by atoms with Crippen molar-refractivity contribution in [2.45, 2.75) is 13.1 Å². The predicted octanol–water partition coefficient (Wildman–Crippen LogP) is 1.79. The van der Waals surface area contributed by atoms with E-state index in [0.29, 0.717) is 31.0 Å². The number of carbonyl (C=O) groups excluding carboxylic acids is 2. The molecule has 3 heterocycles. The van der Waals surface area contributed by atoms with E-state index in [9.17, 15) is 9.59 Å². The van der Waals surface area contributed by atoms with Crippen LogP contribution in [0.2, 0.25) is 0 Å². The summed E-state index contributed by atoms with van der Waals surface area (Å²) in [6.45, 7) is 1.51. The van der Waals surface area contributed by atoms with E-state index < -0.39 is 0 Å². The molecule has 2 amide bonds. The molecule has 0 bridgehead atoms. The molecular formula is C19H19N5O2. The molecule has 7 nitrogen and oxygen atoms in total. The largest absolute Gasteiger partial charge is 0.343 e. The second-order valence-electron chi connectivity index (χ2n) is 6.55. The summed E-state index contributed by atoms with van der Waals surface area (Å²) in [6.07, 6.45) is 1.66. The van der Waals surface area contributed by atoms with Gasteiger partial charge in [0, 0.05) is 32.2 Å². The first-order valence-corrected chi connectivity index (χ1v) is 8.46. The molecule has 7 heteroatoms. The van der Waals surface area contributed by atoms with Gasteiger partial charge in [-0.3, -0.25) is 19.3 Å². The molecule has 0 saturated heterocycles. The van der Waals surface area contributed by atoms with Crippen molar-refractivity contribution in [2.75, 3.05) is 20.6 Å². The Bertz CT molecular complexity index is 1000. The van der Waals surface area contributed by atoms with Gasteiger partial charge in [0.05, 0.1) is 18.8 Å². The van der Waals surface area contributed by atoms with Crippen LogP contribution in [0.3, 0.4) is 0 Å². The standard InChI is InChI=1S/C19H19N5O2/c1-22(2)18(25)16-11-14-12-23(9-10-24(14)21-16)19(26)17-15-6-4-3-5-13(15)7-8-20-17/h3-8,11H,9-10,12H2,1-2H3. The summed E-state index contributed by atoms with van der Waals surface area (Å²) in [5, 5.41) is 6.20. The van der Waals surface area contributed by atoms with Crippen LogP contribution in [-0.4, -0.2) is 57.0 Å². The molecule has 1 aromatic carbocycles. The molecule has 0 N–H and O–H groups in total. The van der Waals surface area contributed by atoms with Crippen molar-refractivity contribution in [3.8, 4) is 0 Å². The van der Waals surface area contributed by atoms with Gasteiger partial charge in [-0.15, -0.1) is 0 Å². The average Bonchev–Trinajstić information content (AvgIpc) is 3.09. The van der Waals surface area contributed by atoms with Gasteiger partial charge in [0.1, 0.15) is 5.69 Å². The summed E-state index contributed by atoms with van der Waals surface area (Å²) in [5.74, 6) is -0.241. The van der Waals surface area contributed by atoms with Crippen LogP contribution in [-0.2, 0) is 13.1 Å². The van der Waals surface area contributed by atoms with Crippen LogP contribution < -0.4 is 0 Å². The van der Waals surface area contributed by atoms with Crippen molar-refractivity contribution < 1.29 is 9.59 Å². The number of pyridine rings is 1. The Balaban J connectivity index is 1.62. The first kappa shape index (κ1) is 16.3. The molecule has 0 atom stereocenters. The number of nitrogens with zero attached hydrogens (tertiary/aromatic N) is 5.